The maximum atomic E-state index is 13.5. The molecule has 2 aromatic heterocycles. The van der Waals surface area contributed by atoms with Crippen molar-refractivity contribution in [3.8, 4) is 6.01 Å². The van der Waals surface area contributed by atoms with Crippen LogP contribution in [0.1, 0.15) is 26.3 Å². The molecule has 4 rings (SSSR count). The standard InChI is InChI=1S/C23H22ClN5O10/c1-11(30)17(33)23(22(35,13(3)32)21(34,9-39-23)12(2)31)28-10-25-16-18(24)26-20(27-19(16)28)38-8-14-4-6-15(7-5-14)29(36)37/h4-7,10-11,30,34-35H,8-9H2,1-3H3/t11?,21-,22+,23+/m1/s1. The molecule has 0 spiro atoms. The van der Waals surface area contributed by atoms with Crippen LogP contribution in [0.25, 0.3) is 11.2 Å². The van der Waals surface area contributed by atoms with Crippen molar-refractivity contribution in [1.29, 1.82) is 0 Å². The number of hydrogen-bond acceptors (Lipinski definition) is 13. The summed E-state index contributed by atoms with van der Waals surface area (Å²) >= 11 is 6.26. The Morgan fingerprint density at radius 3 is 2.38 bits per heavy atom. The van der Waals surface area contributed by atoms with Crippen LogP contribution >= 0.6 is 11.6 Å². The van der Waals surface area contributed by atoms with Crippen LogP contribution in [0.15, 0.2) is 30.6 Å². The summed E-state index contributed by atoms with van der Waals surface area (Å²) < 4.78 is 11.9. The van der Waals surface area contributed by atoms with Gasteiger partial charge < -0.3 is 24.8 Å². The smallest absolute Gasteiger partial charge is 0.320 e. The van der Waals surface area contributed by atoms with Crippen LogP contribution in [0, 0.1) is 10.1 Å². The van der Waals surface area contributed by atoms with Crippen molar-refractivity contribution in [2.75, 3.05) is 6.61 Å². The first kappa shape index (κ1) is 28.1. The number of benzene rings is 1. The quantitative estimate of drug-likeness (QED) is 0.181. The van der Waals surface area contributed by atoms with Crippen LogP contribution in [-0.4, -0.2) is 81.0 Å². The molecular weight excluding hydrogens is 542 g/mol. The second kappa shape index (κ2) is 9.69. The highest BCUT2D eigenvalue weighted by Gasteiger charge is 2.78. The minimum atomic E-state index is -3.23. The van der Waals surface area contributed by atoms with Crippen molar-refractivity contribution < 1.29 is 44.1 Å². The van der Waals surface area contributed by atoms with E-state index >= 15 is 0 Å². The van der Waals surface area contributed by atoms with Gasteiger partial charge in [-0.3, -0.25) is 29.1 Å². The number of hydrogen-bond donors (Lipinski definition) is 3. The van der Waals surface area contributed by atoms with Crippen LogP contribution < -0.4 is 4.74 Å². The fourth-order valence-corrected chi connectivity index (χ4v) is 4.69. The first-order valence-electron chi connectivity index (χ1n) is 11.3. The Balaban J connectivity index is 1.87. The lowest BCUT2D eigenvalue weighted by Gasteiger charge is -2.43. The third-order valence-electron chi connectivity index (χ3n) is 6.57. The van der Waals surface area contributed by atoms with E-state index in [-0.39, 0.29) is 34.6 Å². The number of imidazole rings is 1. The number of non-ortho nitro benzene ring substituents is 1. The van der Waals surface area contributed by atoms with E-state index in [0.717, 1.165) is 31.7 Å². The van der Waals surface area contributed by atoms with Crippen LogP contribution in [0.3, 0.4) is 0 Å². The maximum absolute atomic E-state index is 13.5. The lowest BCUT2D eigenvalue weighted by atomic mass is 9.71. The molecule has 39 heavy (non-hydrogen) atoms. The highest BCUT2D eigenvalue weighted by atomic mass is 35.5. The van der Waals surface area contributed by atoms with Crippen LogP contribution in [-0.2, 0) is 31.5 Å². The van der Waals surface area contributed by atoms with Gasteiger partial charge in [0.25, 0.3) is 5.69 Å². The Labute approximate surface area is 224 Å². The Bertz CT molecular complexity index is 1510. The molecule has 3 N–H and O–H groups in total. The summed E-state index contributed by atoms with van der Waals surface area (Å²) in [6.07, 6.45) is -0.941. The number of aliphatic hydroxyl groups is 3. The monoisotopic (exact) mass is 563 g/mol. The lowest BCUT2D eigenvalue weighted by Crippen LogP contribution is -2.72. The molecule has 0 bridgehead atoms. The van der Waals surface area contributed by atoms with Gasteiger partial charge in [0.2, 0.25) is 17.1 Å². The van der Waals surface area contributed by atoms with Crippen molar-refractivity contribution >= 4 is 45.8 Å². The number of carbonyl (C=O) groups is 3. The highest BCUT2D eigenvalue weighted by molar-refractivity contribution is 6.33. The molecule has 0 aliphatic carbocycles. The summed E-state index contributed by atoms with van der Waals surface area (Å²) in [5, 5.41) is 43.6. The third kappa shape index (κ3) is 4.06. The van der Waals surface area contributed by atoms with Crippen molar-refractivity contribution in [2.24, 2.45) is 0 Å². The predicted molar refractivity (Wildman–Crippen MR) is 130 cm³/mol. The van der Waals surface area contributed by atoms with Gasteiger partial charge in [-0.1, -0.05) is 11.6 Å². The Morgan fingerprint density at radius 2 is 1.85 bits per heavy atom. The molecule has 0 radical (unpaired) electrons. The number of nitro benzene ring substituents is 1. The first-order chi connectivity index (χ1) is 18.2. The highest BCUT2D eigenvalue weighted by Crippen LogP contribution is 2.49. The van der Waals surface area contributed by atoms with Gasteiger partial charge in [0, 0.05) is 12.1 Å². The summed E-state index contributed by atoms with van der Waals surface area (Å²) in [6.45, 7) is 1.63. The Morgan fingerprint density at radius 1 is 1.21 bits per heavy atom. The van der Waals surface area contributed by atoms with E-state index in [9.17, 15) is 39.8 Å². The molecule has 1 aromatic carbocycles. The third-order valence-corrected chi connectivity index (χ3v) is 6.84. The van der Waals surface area contributed by atoms with E-state index in [4.69, 9.17) is 21.1 Å². The fourth-order valence-electron chi connectivity index (χ4n) is 4.48. The summed E-state index contributed by atoms with van der Waals surface area (Å²) in [5.74, 6) is -3.59. The second-order valence-corrected chi connectivity index (χ2v) is 9.31. The molecule has 1 aliphatic heterocycles. The molecule has 16 heteroatoms. The average Bonchev–Trinajstić information content (AvgIpc) is 3.41. The van der Waals surface area contributed by atoms with Gasteiger partial charge in [-0.2, -0.15) is 9.97 Å². The molecule has 1 saturated heterocycles. The lowest BCUT2D eigenvalue weighted by molar-refractivity contribution is -0.384. The van der Waals surface area contributed by atoms with Crippen molar-refractivity contribution in [3.63, 3.8) is 0 Å². The molecule has 3 aromatic rings. The molecule has 1 unspecified atom stereocenters. The maximum Gasteiger partial charge on any atom is 0.320 e. The molecular formula is C23H22ClN5O10. The number of carbonyl (C=O) groups excluding carboxylic acids is 3. The zero-order chi connectivity index (χ0) is 28.9. The van der Waals surface area contributed by atoms with E-state index in [2.05, 4.69) is 15.0 Å². The van der Waals surface area contributed by atoms with Crippen molar-refractivity contribution in [1.82, 2.24) is 19.5 Å². The molecule has 1 aliphatic rings. The molecule has 1 fully saturated rings. The van der Waals surface area contributed by atoms with Gasteiger partial charge in [0.15, 0.2) is 28.0 Å². The van der Waals surface area contributed by atoms with Gasteiger partial charge in [-0.05, 0) is 38.5 Å². The van der Waals surface area contributed by atoms with E-state index in [1.807, 2.05) is 0 Å². The van der Waals surface area contributed by atoms with Gasteiger partial charge in [-0.25, -0.2) is 4.98 Å². The van der Waals surface area contributed by atoms with Gasteiger partial charge in [-0.15, -0.1) is 0 Å². The first-order valence-corrected chi connectivity index (χ1v) is 11.7. The Hall–Kier alpha value is -3.89. The molecule has 0 saturated carbocycles. The topological polar surface area (TPSA) is 217 Å². The number of nitro groups is 1. The average molecular weight is 564 g/mol. The summed E-state index contributed by atoms with van der Waals surface area (Å²) in [7, 11) is 0. The van der Waals surface area contributed by atoms with E-state index in [0.29, 0.717) is 5.56 Å². The van der Waals surface area contributed by atoms with Crippen molar-refractivity contribution in [2.45, 2.75) is 50.4 Å². The number of nitrogens with zero attached hydrogens (tertiary/aromatic N) is 5. The molecule has 3 heterocycles. The zero-order valence-electron chi connectivity index (χ0n) is 20.7. The Kier molecular flexibility index (Phi) is 6.99. The van der Waals surface area contributed by atoms with Gasteiger partial charge >= 0.3 is 6.01 Å². The number of rotatable bonds is 9. The number of aromatic nitrogens is 4. The number of Topliss-reactive ketones (excluding diaryl/α,β-unsaturated/α-hetero) is 3. The number of fused-ring (bicyclic) bond motifs is 1. The molecule has 15 nitrogen and oxygen atoms in total. The number of ketones is 3. The number of halogens is 1. The minimum Gasteiger partial charge on any atom is -0.459 e. The summed E-state index contributed by atoms with van der Waals surface area (Å²) in [4.78, 5) is 61.3. The number of ether oxygens (including phenoxy) is 2. The van der Waals surface area contributed by atoms with Crippen LogP contribution in [0.4, 0.5) is 5.69 Å². The van der Waals surface area contributed by atoms with Crippen LogP contribution in [0.5, 0.6) is 6.01 Å². The normalized spacial score (nSPS) is 25.4. The van der Waals surface area contributed by atoms with Crippen LogP contribution in [0.2, 0.25) is 5.15 Å². The largest absolute Gasteiger partial charge is 0.459 e. The number of aliphatic hydroxyl groups excluding tert-OH is 1. The van der Waals surface area contributed by atoms with E-state index in [1.165, 1.54) is 24.3 Å². The van der Waals surface area contributed by atoms with Crippen molar-refractivity contribution in [3.05, 3.63) is 51.4 Å². The minimum absolute atomic E-state index is 0.128. The molecule has 0 amide bonds. The fraction of sp³-hybridized carbons (Fsp3) is 0.391. The van der Waals surface area contributed by atoms with E-state index in [1.54, 1.807) is 0 Å². The van der Waals surface area contributed by atoms with E-state index < -0.39 is 51.9 Å². The zero-order valence-corrected chi connectivity index (χ0v) is 21.4. The molecule has 4 atom stereocenters. The molecule has 206 valence electrons. The predicted octanol–water partition coefficient (Wildman–Crippen LogP) is 0.240. The SMILES string of the molecule is CC(=O)[C@]1(O)[C@](O)(C(C)=O)CO[C@]1(C(=O)C(C)O)n1cnc2c(Cl)nc(OCc3ccc([N+](=O)[O-])cc3)nc21. The van der Waals surface area contributed by atoms with Gasteiger partial charge in [0.1, 0.15) is 24.6 Å². The summed E-state index contributed by atoms with van der Waals surface area (Å²) in [5.41, 5.74) is -9.09. The van der Waals surface area contributed by atoms with Gasteiger partial charge in [0.05, 0.1) is 11.5 Å². The summed E-state index contributed by atoms with van der Waals surface area (Å²) in [6, 6.07) is 5.07. The second-order valence-electron chi connectivity index (χ2n) is 8.95.